The highest BCUT2D eigenvalue weighted by atomic mass is 32.2. The Morgan fingerprint density at radius 3 is 2.88 bits per heavy atom. The van der Waals surface area contributed by atoms with Crippen molar-refractivity contribution in [3.8, 4) is 0 Å². The second-order valence-corrected chi connectivity index (χ2v) is 5.85. The number of nitrogens with two attached hydrogens (primary N) is 1. The van der Waals surface area contributed by atoms with Crippen LogP contribution in [-0.4, -0.2) is 35.3 Å². The van der Waals surface area contributed by atoms with E-state index in [1.54, 1.807) is 0 Å². The number of thioether (sulfide) groups is 1. The highest BCUT2D eigenvalue weighted by Crippen LogP contribution is 2.29. The van der Waals surface area contributed by atoms with Crippen molar-refractivity contribution in [2.24, 2.45) is 5.73 Å². The summed E-state index contributed by atoms with van der Waals surface area (Å²) in [5.41, 5.74) is 7.29. The fourth-order valence-corrected chi connectivity index (χ4v) is 3.05. The number of pyridine rings is 1. The van der Waals surface area contributed by atoms with E-state index in [0.717, 1.165) is 10.6 Å². The molecule has 4 heteroatoms. The third kappa shape index (κ3) is 3.48. The predicted molar refractivity (Wildman–Crippen MR) is 73.8 cm³/mol. The van der Waals surface area contributed by atoms with Crippen molar-refractivity contribution in [2.45, 2.75) is 23.1 Å². The summed E-state index contributed by atoms with van der Waals surface area (Å²) in [7, 11) is 2.18. The van der Waals surface area contributed by atoms with Crippen molar-refractivity contribution >= 4 is 17.5 Å². The van der Waals surface area contributed by atoms with Gasteiger partial charge in [0.25, 0.3) is 0 Å². The van der Waals surface area contributed by atoms with Gasteiger partial charge < -0.3 is 10.6 Å². The van der Waals surface area contributed by atoms with Gasteiger partial charge in [0, 0.05) is 22.7 Å². The highest BCUT2D eigenvalue weighted by Gasteiger charge is 2.18. The summed E-state index contributed by atoms with van der Waals surface area (Å²) < 4.78 is 0. The van der Waals surface area contributed by atoms with E-state index in [0.29, 0.717) is 10.9 Å². The summed E-state index contributed by atoms with van der Waals surface area (Å²) in [4.78, 5) is 6.77. The molecule has 0 aromatic carbocycles. The molecule has 0 spiro atoms. The summed E-state index contributed by atoms with van der Waals surface area (Å²) in [6.07, 6.45) is 4.28. The van der Waals surface area contributed by atoms with Crippen molar-refractivity contribution in [2.75, 3.05) is 20.1 Å². The van der Waals surface area contributed by atoms with Crippen LogP contribution in [0.2, 0.25) is 0 Å². The normalized spacial score (nSPS) is 18.2. The van der Waals surface area contributed by atoms with E-state index >= 15 is 0 Å². The van der Waals surface area contributed by atoms with Crippen molar-refractivity contribution in [1.29, 1.82) is 0 Å². The molecule has 2 N–H and O–H groups in total. The van der Waals surface area contributed by atoms with Gasteiger partial charge in [-0.2, -0.15) is 0 Å². The van der Waals surface area contributed by atoms with Gasteiger partial charge in [-0.15, -0.1) is 11.8 Å². The first-order chi connectivity index (χ1) is 8.15. The number of piperidine rings is 1. The summed E-state index contributed by atoms with van der Waals surface area (Å²) in [5, 5.41) is 1.74. The summed E-state index contributed by atoms with van der Waals surface area (Å²) >= 11 is 1.86. The van der Waals surface area contributed by atoms with Gasteiger partial charge in [0.05, 0.1) is 5.03 Å². The smallest absolute Gasteiger partial charge is 0.0969 e. The molecule has 17 heavy (non-hydrogen) atoms. The average molecular weight is 249 g/mol. The van der Waals surface area contributed by atoms with E-state index in [-0.39, 0.29) is 0 Å². The first kappa shape index (κ1) is 12.5. The third-order valence-electron chi connectivity index (χ3n) is 3.06. The average Bonchev–Trinajstić information content (AvgIpc) is 2.32. The molecule has 2 heterocycles. The van der Waals surface area contributed by atoms with E-state index in [9.17, 15) is 0 Å². The Balaban J connectivity index is 1.98. The van der Waals surface area contributed by atoms with Crippen LogP contribution in [0.4, 0.5) is 0 Å². The molecule has 3 nitrogen and oxygen atoms in total. The molecule has 0 bridgehead atoms. The highest BCUT2D eigenvalue weighted by molar-refractivity contribution is 7.99. The minimum atomic E-state index is 0.609. The molecule has 2 rings (SSSR count). The van der Waals surface area contributed by atoms with E-state index in [4.69, 9.17) is 5.73 Å². The van der Waals surface area contributed by atoms with Gasteiger partial charge >= 0.3 is 0 Å². The maximum Gasteiger partial charge on any atom is 0.0969 e. The largest absolute Gasteiger partial charge is 0.399 e. The minimum Gasteiger partial charge on any atom is -0.399 e. The van der Waals surface area contributed by atoms with Gasteiger partial charge in [0.2, 0.25) is 0 Å². The standard InChI is InChI=1S/C13H19N3S/c1-10(14)11-3-6-15-13(9-11)17-12-4-7-16(2)8-5-12/h3,6,9,12H,1,4-5,7-8,14H2,2H3. The van der Waals surface area contributed by atoms with Gasteiger partial charge in [-0.05, 0) is 45.1 Å². The van der Waals surface area contributed by atoms with Crippen LogP contribution in [0.15, 0.2) is 29.9 Å². The molecule has 0 aliphatic carbocycles. The maximum absolute atomic E-state index is 5.70. The van der Waals surface area contributed by atoms with Crippen LogP contribution in [0.25, 0.3) is 5.70 Å². The number of aromatic nitrogens is 1. The Morgan fingerprint density at radius 2 is 2.24 bits per heavy atom. The summed E-state index contributed by atoms with van der Waals surface area (Å²) in [6, 6.07) is 3.94. The molecule has 0 unspecified atom stereocenters. The quantitative estimate of drug-likeness (QED) is 0.891. The van der Waals surface area contributed by atoms with Crippen LogP contribution in [0.5, 0.6) is 0 Å². The van der Waals surface area contributed by atoms with Crippen LogP contribution in [-0.2, 0) is 0 Å². The molecule has 0 atom stereocenters. The molecule has 1 aliphatic rings. The number of hydrogen-bond donors (Lipinski definition) is 1. The minimum absolute atomic E-state index is 0.609. The molecule has 1 aromatic heterocycles. The van der Waals surface area contributed by atoms with Crippen LogP contribution in [0.1, 0.15) is 18.4 Å². The first-order valence-corrected chi connectivity index (χ1v) is 6.79. The second-order valence-electron chi connectivity index (χ2n) is 4.53. The van der Waals surface area contributed by atoms with Crippen LogP contribution in [0.3, 0.4) is 0 Å². The van der Waals surface area contributed by atoms with E-state index < -0.39 is 0 Å². The van der Waals surface area contributed by atoms with E-state index in [1.165, 1.54) is 25.9 Å². The van der Waals surface area contributed by atoms with Gasteiger partial charge in [-0.25, -0.2) is 4.98 Å². The Bertz CT molecular complexity index is 397. The van der Waals surface area contributed by atoms with Gasteiger partial charge in [-0.3, -0.25) is 0 Å². The van der Waals surface area contributed by atoms with Gasteiger partial charge in [0.1, 0.15) is 0 Å². The van der Waals surface area contributed by atoms with Gasteiger partial charge in [0.15, 0.2) is 0 Å². The van der Waals surface area contributed by atoms with Crippen LogP contribution < -0.4 is 5.73 Å². The first-order valence-electron chi connectivity index (χ1n) is 5.91. The molecule has 1 aliphatic heterocycles. The number of nitrogens with zero attached hydrogens (tertiary/aromatic N) is 2. The van der Waals surface area contributed by atoms with Crippen LogP contribution in [0, 0.1) is 0 Å². The van der Waals surface area contributed by atoms with Crippen molar-refractivity contribution in [3.05, 3.63) is 30.5 Å². The molecule has 1 saturated heterocycles. The molecule has 0 amide bonds. The lowest BCUT2D eigenvalue weighted by Crippen LogP contribution is -2.31. The lowest BCUT2D eigenvalue weighted by molar-refractivity contribution is 0.282. The number of rotatable bonds is 3. The Labute approximate surface area is 107 Å². The zero-order chi connectivity index (χ0) is 12.3. The molecule has 1 aromatic rings. The number of hydrogen-bond acceptors (Lipinski definition) is 4. The van der Waals surface area contributed by atoms with E-state index in [2.05, 4.69) is 23.5 Å². The van der Waals surface area contributed by atoms with Crippen LogP contribution >= 0.6 is 11.8 Å². The zero-order valence-corrected chi connectivity index (χ0v) is 11.0. The molecular weight excluding hydrogens is 230 g/mol. The number of likely N-dealkylation sites (tertiary alicyclic amines) is 1. The summed E-state index contributed by atoms with van der Waals surface area (Å²) in [6.45, 7) is 6.12. The SMILES string of the molecule is C=C(N)c1ccnc(SC2CCN(C)CC2)c1. The van der Waals surface area contributed by atoms with Crippen molar-refractivity contribution < 1.29 is 0 Å². The van der Waals surface area contributed by atoms with Crippen molar-refractivity contribution in [1.82, 2.24) is 9.88 Å². The van der Waals surface area contributed by atoms with E-state index in [1.807, 2.05) is 30.1 Å². The molecule has 1 fully saturated rings. The lowest BCUT2D eigenvalue weighted by atomic mass is 10.1. The fourth-order valence-electron chi connectivity index (χ4n) is 1.95. The Hall–Kier alpha value is -1.00. The predicted octanol–water partition coefficient (Wildman–Crippen LogP) is 2.20. The molecule has 92 valence electrons. The molecule has 0 radical (unpaired) electrons. The lowest BCUT2D eigenvalue weighted by Gasteiger charge is -2.28. The fraction of sp³-hybridized carbons (Fsp3) is 0.462. The summed E-state index contributed by atoms with van der Waals surface area (Å²) in [5.74, 6) is 0. The topological polar surface area (TPSA) is 42.1 Å². The molecule has 0 saturated carbocycles. The monoisotopic (exact) mass is 249 g/mol. The van der Waals surface area contributed by atoms with Gasteiger partial charge in [-0.1, -0.05) is 6.58 Å². The van der Waals surface area contributed by atoms with Crippen molar-refractivity contribution in [3.63, 3.8) is 0 Å². The molecular formula is C13H19N3S. The maximum atomic E-state index is 5.70. The zero-order valence-electron chi connectivity index (χ0n) is 10.2. The Morgan fingerprint density at radius 1 is 1.53 bits per heavy atom. The Kier molecular flexibility index (Phi) is 4.07. The third-order valence-corrected chi connectivity index (χ3v) is 4.33. The second kappa shape index (κ2) is 5.56.